The van der Waals surface area contributed by atoms with Crippen LogP contribution in [0.1, 0.15) is 84.6 Å². The minimum atomic E-state index is -0.634. The summed E-state index contributed by atoms with van der Waals surface area (Å²) in [6.07, 6.45) is 6.39. The molecule has 2 saturated heterocycles. The molecule has 4 rings (SSSR count). The van der Waals surface area contributed by atoms with Gasteiger partial charge in [-0.3, -0.25) is 19.3 Å². The van der Waals surface area contributed by atoms with E-state index in [4.69, 9.17) is 0 Å². The van der Waals surface area contributed by atoms with E-state index in [9.17, 15) is 23.2 Å². The topological polar surface area (TPSA) is 73.0 Å². The van der Waals surface area contributed by atoms with Gasteiger partial charge in [0.25, 0.3) is 0 Å². The fraction of sp³-hybridized carbons (Fsp3) is 0.710. The summed E-state index contributed by atoms with van der Waals surface area (Å²) >= 11 is 0. The third-order valence-electron chi connectivity index (χ3n) is 9.14. The standard InChI is InChI=1S/C31H46F2N4O3/c1-20-17-35(30(40)28(34-21(2)38)15-22-9-7-6-8-10-22)13-14-37(20)29(39)26-19-36(31(3,4)5)18-25(26)24-12-11-23(32)16-27(24)33/h11-12,16,20,22,25-26,28H,6-10,13-15,17-19H2,1-5H3,(H,34,38)/t20-,25-,26+,28-/m0/s1. The highest BCUT2D eigenvalue weighted by Gasteiger charge is 2.46. The van der Waals surface area contributed by atoms with Crippen molar-refractivity contribution in [3.63, 3.8) is 0 Å². The molecule has 0 unspecified atom stereocenters. The third kappa shape index (κ3) is 7.01. The maximum Gasteiger partial charge on any atom is 0.245 e. The van der Waals surface area contributed by atoms with Crippen LogP contribution in [0.5, 0.6) is 0 Å². The molecular formula is C31H46F2N4O3. The Morgan fingerprint density at radius 3 is 2.33 bits per heavy atom. The second-order valence-electron chi connectivity index (χ2n) is 13.1. The first-order chi connectivity index (χ1) is 18.8. The van der Waals surface area contributed by atoms with Gasteiger partial charge in [0.2, 0.25) is 17.7 Å². The van der Waals surface area contributed by atoms with Crippen molar-refractivity contribution in [2.75, 3.05) is 32.7 Å². The number of likely N-dealkylation sites (tertiary alicyclic amines) is 1. The van der Waals surface area contributed by atoms with E-state index in [0.29, 0.717) is 50.6 Å². The van der Waals surface area contributed by atoms with E-state index in [1.807, 2.05) is 11.8 Å². The Hall–Kier alpha value is -2.55. The van der Waals surface area contributed by atoms with Crippen molar-refractivity contribution in [3.8, 4) is 0 Å². The van der Waals surface area contributed by atoms with Gasteiger partial charge in [0.1, 0.15) is 17.7 Å². The van der Waals surface area contributed by atoms with Gasteiger partial charge < -0.3 is 15.1 Å². The van der Waals surface area contributed by atoms with Gasteiger partial charge in [-0.1, -0.05) is 38.2 Å². The number of hydrogen-bond donors (Lipinski definition) is 1. The van der Waals surface area contributed by atoms with Gasteiger partial charge >= 0.3 is 0 Å². The molecule has 2 aliphatic heterocycles. The summed E-state index contributed by atoms with van der Waals surface area (Å²) in [6, 6.07) is 2.85. The van der Waals surface area contributed by atoms with Crippen LogP contribution in [-0.4, -0.2) is 82.8 Å². The molecule has 1 N–H and O–H groups in total. The van der Waals surface area contributed by atoms with Crippen LogP contribution in [0.3, 0.4) is 0 Å². The molecule has 1 saturated carbocycles. The van der Waals surface area contributed by atoms with E-state index in [0.717, 1.165) is 18.9 Å². The van der Waals surface area contributed by atoms with E-state index < -0.39 is 23.6 Å². The van der Waals surface area contributed by atoms with E-state index >= 15 is 0 Å². The number of carbonyl (C=O) groups excluding carboxylic acids is 3. The zero-order chi connectivity index (χ0) is 29.2. The number of benzene rings is 1. The lowest BCUT2D eigenvalue weighted by Crippen LogP contribution is -2.60. The quantitative estimate of drug-likeness (QED) is 0.563. The summed E-state index contributed by atoms with van der Waals surface area (Å²) in [5.74, 6) is -2.02. The Balaban J connectivity index is 1.47. The van der Waals surface area contributed by atoms with Crippen molar-refractivity contribution in [2.24, 2.45) is 11.8 Å². The van der Waals surface area contributed by atoms with Crippen LogP contribution in [0.15, 0.2) is 18.2 Å². The number of piperazine rings is 1. The zero-order valence-corrected chi connectivity index (χ0v) is 24.7. The van der Waals surface area contributed by atoms with Crippen molar-refractivity contribution < 1.29 is 23.2 Å². The number of halogens is 2. The Morgan fingerprint density at radius 1 is 1.02 bits per heavy atom. The van der Waals surface area contributed by atoms with Crippen molar-refractivity contribution in [1.82, 2.24) is 20.0 Å². The summed E-state index contributed by atoms with van der Waals surface area (Å²) in [6.45, 7) is 11.8. The van der Waals surface area contributed by atoms with Crippen LogP contribution >= 0.6 is 0 Å². The van der Waals surface area contributed by atoms with Gasteiger partial charge in [0.05, 0.1) is 5.92 Å². The molecule has 0 aromatic heterocycles. The summed E-state index contributed by atoms with van der Waals surface area (Å²) < 4.78 is 28.6. The fourth-order valence-electron chi connectivity index (χ4n) is 6.86. The molecular weight excluding hydrogens is 514 g/mol. The van der Waals surface area contributed by atoms with Gasteiger partial charge in [0, 0.05) is 63.2 Å². The van der Waals surface area contributed by atoms with Gasteiger partial charge in [-0.15, -0.1) is 0 Å². The second kappa shape index (κ2) is 12.5. The van der Waals surface area contributed by atoms with Gasteiger partial charge in [-0.25, -0.2) is 8.78 Å². The predicted octanol–water partition coefficient (Wildman–Crippen LogP) is 4.31. The van der Waals surface area contributed by atoms with Gasteiger partial charge in [-0.05, 0) is 51.7 Å². The molecule has 0 radical (unpaired) electrons. The average molecular weight is 561 g/mol. The SMILES string of the molecule is CC(=O)N[C@@H](CC1CCCCC1)C(=O)N1CCN(C(=O)[C@@H]2CN(C(C)(C)C)C[C@H]2c2ccc(F)cc2F)[C@@H](C)C1. The number of nitrogens with one attached hydrogen (secondary N) is 1. The van der Waals surface area contributed by atoms with Gasteiger partial charge in [-0.2, -0.15) is 0 Å². The summed E-state index contributed by atoms with van der Waals surface area (Å²) in [4.78, 5) is 45.3. The lowest BCUT2D eigenvalue weighted by molar-refractivity contribution is -0.147. The molecule has 0 bridgehead atoms. The van der Waals surface area contributed by atoms with E-state index in [1.165, 1.54) is 38.3 Å². The van der Waals surface area contributed by atoms with Crippen molar-refractivity contribution >= 4 is 17.7 Å². The third-order valence-corrected chi connectivity index (χ3v) is 9.14. The fourth-order valence-corrected chi connectivity index (χ4v) is 6.86. The van der Waals surface area contributed by atoms with Crippen LogP contribution in [0.4, 0.5) is 8.78 Å². The predicted molar refractivity (Wildman–Crippen MR) is 150 cm³/mol. The normalized spacial score (nSPS) is 25.6. The molecule has 2 heterocycles. The first-order valence-electron chi connectivity index (χ1n) is 14.9. The van der Waals surface area contributed by atoms with Crippen LogP contribution in [0, 0.1) is 23.5 Å². The number of hydrogen-bond acceptors (Lipinski definition) is 4. The van der Waals surface area contributed by atoms with Crippen LogP contribution in [-0.2, 0) is 14.4 Å². The van der Waals surface area contributed by atoms with E-state index in [-0.39, 0.29) is 35.2 Å². The summed E-state index contributed by atoms with van der Waals surface area (Å²) in [5, 5.41) is 2.89. The van der Waals surface area contributed by atoms with E-state index in [2.05, 4.69) is 31.0 Å². The molecule has 0 spiro atoms. The lowest BCUT2D eigenvalue weighted by atomic mass is 9.84. The molecule has 4 atom stereocenters. The Kier molecular flexibility index (Phi) is 9.53. The van der Waals surface area contributed by atoms with Crippen molar-refractivity contribution in [2.45, 2.75) is 96.7 Å². The number of amides is 3. The number of nitrogens with zero attached hydrogens (tertiary/aromatic N) is 3. The molecule has 1 aliphatic carbocycles. The first-order valence-corrected chi connectivity index (χ1v) is 14.9. The molecule has 40 heavy (non-hydrogen) atoms. The molecule has 3 fully saturated rings. The highest BCUT2D eigenvalue weighted by Crippen LogP contribution is 2.39. The Labute approximate surface area is 237 Å². The Bertz CT molecular complexity index is 1080. The highest BCUT2D eigenvalue weighted by molar-refractivity contribution is 5.87. The smallest absolute Gasteiger partial charge is 0.245 e. The molecule has 7 nitrogen and oxygen atoms in total. The van der Waals surface area contributed by atoms with Crippen LogP contribution in [0.25, 0.3) is 0 Å². The maximum absolute atomic E-state index is 14.9. The lowest BCUT2D eigenvalue weighted by Gasteiger charge is -2.42. The summed E-state index contributed by atoms with van der Waals surface area (Å²) in [5.41, 5.74) is 0.159. The van der Waals surface area contributed by atoms with E-state index in [1.54, 1.807) is 4.90 Å². The van der Waals surface area contributed by atoms with Crippen molar-refractivity contribution in [3.05, 3.63) is 35.4 Å². The number of carbonyl (C=O) groups is 3. The molecule has 1 aromatic carbocycles. The Morgan fingerprint density at radius 2 is 1.73 bits per heavy atom. The monoisotopic (exact) mass is 560 g/mol. The summed E-state index contributed by atoms with van der Waals surface area (Å²) in [7, 11) is 0. The maximum atomic E-state index is 14.9. The van der Waals surface area contributed by atoms with Gasteiger partial charge in [0.15, 0.2) is 0 Å². The molecule has 1 aromatic rings. The minimum Gasteiger partial charge on any atom is -0.345 e. The molecule has 3 amide bonds. The average Bonchev–Trinajstić information content (AvgIpc) is 3.34. The van der Waals surface area contributed by atoms with Crippen LogP contribution < -0.4 is 5.32 Å². The molecule has 222 valence electrons. The molecule has 3 aliphatic rings. The zero-order valence-electron chi connectivity index (χ0n) is 24.7. The number of rotatable bonds is 6. The second-order valence-corrected chi connectivity index (χ2v) is 13.1. The van der Waals surface area contributed by atoms with Crippen molar-refractivity contribution in [1.29, 1.82) is 0 Å². The van der Waals surface area contributed by atoms with Crippen LogP contribution in [0.2, 0.25) is 0 Å². The highest BCUT2D eigenvalue weighted by atomic mass is 19.1. The largest absolute Gasteiger partial charge is 0.345 e. The minimum absolute atomic E-state index is 0.0549. The molecule has 9 heteroatoms. The first kappa shape index (κ1) is 30.4.